The van der Waals surface area contributed by atoms with Crippen molar-refractivity contribution in [3.05, 3.63) is 54.0 Å². The van der Waals surface area contributed by atoms with Crippen molar-refractivity contribution in [2.24, 2.45) is 5.10 Å². The van der Waals surface area contributed by atoms with Gasteiger partial charge < -0.3 is 9.73 Å². The van der Waals surface area contributed by atoms with Crippen LogP contribution in [0, 0.1) is 6.92 Å². The van der Waals surface area contributed by atoms with Gasteiger partial charge in [0.1, 0.15) is 5.76 Å². The number of carbonyl (C=O) groups is 2. The molecule has 0 unspecified atom stereocenters. The van der Waals surface area contributed by atoms with Gasteiger partial charge in [-0.25, -0.2) is 5.43 Å². The summed E-state index contributed by atoms with van der Waals surface area (Å²) in [4.78, 5) is 23.2. The Morgan fingerprint density at radius 3 is 2.65 bits per heavy atom. The number of hydrazone groups is 1. The van der Waals surface area contributed by atoms with E-state index in [-0.39, 0.29) is 0 Å². The van der Waals surface area contributed by atoms with E-state index in [1.807, 2.05) is 19.1 Å². The highest BCUT2D eigenvalue weighted by atomic mass is 16.3. The van der Waals surface area contributed by atoms with E-state index >= 15 is 0 Å². The Labute approximate surface area is 115 Å². The van der Waals surface area contributed by atoms with Crippen LogP contribution in [0.5, 0.6) is 0 Å². The number of hydrogen-bond donors (Lipinski definition) is 2. The number of amides is 2. The molecule has 0 atom stereocenters. The average molecular weight is 271 g/mol. The zero-order valence-corrected chi connectivity index (χ0v) is 10.8. The summed E-state index contributed by atoms with van der Waals surface area (Å²) in [6, 6.07) is 10.5. The SMILES string of the molecule is Cc1ccccc1NC(=O)C(=O)N/N=C/c1ccco1. The van der Waals surface area contributed by atoms with Crippen molar-refractivity contribution in [1.82, 2.24) is 5.43 Å². The third kappa shape index (κ3) is 3.55. The molecule has 102 valence electrons. The van der Waals surface area contributed by atoms with Gasteiger partial charge in [0.15, 0.2) is 0 Å². The smallest absolute Gasteiger partial charge is 0.329 e. The van der Waals surface area contributed by atoms with Gasteiger partial charge in [0.25, 0.3) is 0 Å². The molecule has 0 spiro atoms. The van der Waals surface area contributed by atoms with Crippen molar-refractivity contribution in [2.75, 3.05) is 5.32 Å². The molecule has 2 amide bonds. The highest BCUT2D eigenvalue weighted by Crippen LogP contribution is 2.12. The van der Waals surface area contributed by atoms with E-state index in [4.69, 9.17) is 4.42 Å². The summed E-state index contributed by atoms with van der Waals surface area (Å²) >= 11 is 0. The Hall–Kier alpha value is -2.89. The van der Waals surface area contributed by atoms with Crippen LogP contribution in [0.3, 0.4) is 0 Å². The van der Waals surface area contributed by atoms with Crippen LogP contribution in [0.15, 0.2) is 52.2 Å². The third-order valence-electron chi connectivity index (χ3n) is 2.50. The fraction of sp³-hybridized carbons (Fsp3) is 0.0714. The van der Waals surface area contributed by atoms with Gasteiger partial charge in [0.2, 0.25) is 0 Å². The van der Waals surface area contributed by atoms with Crippen molar-refractivity contribution in [1.29, 1.82) is 0 Å². The average Bonchev–Trinajstić information content (AvgIpc) is 2.94. The van der Waals surface area contributed by atoms with E-state index in [0.29, 0.717) is 11.4 Å². The summed E-state index contributed by atoms with van der Waals surface area (Å²) in [5.74, 6) is -1.16. The van der Waals surface area contributed by atoms with Gasteiger partial charge in [-0.05, 0) is 30.7 Å². The lowest BCUT2D eigenvalue weighted by atomic mass is 10.2. The van der Waals surface area contributed by atoms with E-state index < -0.39 is 11.8 Å². The Morgan fingerprint density at radius 1 is 1.15 bits per heavy atom. The summed E-state index contributed by atoms with van der Waals surface area (Å²) in [6.45, 7) is 1.84. The van der Waals surface area contributed by atoms with Crippen LogP contribution < -0.4 is 10.7 Å². The minimum atomic E-state index is -0.851. The number of rotatable bonds is 3. The van der Waals surface area contributed by atoms with E-state index in [2.05, 4.69) is 15.8 Å². The minimum absolute atomic E-state index is 0.476. The second-order valence-electron chi connectivity index (χ2n) is 3.98. The van der Waals surface area contributed by atoms with Crippen LogP contribution in [-0.2, 0) is 9.59 Å². The standard InChI is InChI=1S/C14H13N3O3/c1-10-5-2-3-7-12(10)16-13(18)14(19)17-15-9-11-6-4-8-20-11/h2-9H,1H3,(H,16,18)(H,17,19)/b15-9+. The van der Waals surface area contributed by atoms with Crippen molar-refractivity contribution in [3.63, 3.8) is 0 Å². The Balaban J connectivity index is 1.89. The van der Waals surface area contributed by atoms with Gasteiger partial charge in [-0.2, -0.15) is 5.10 Å². The lowest BCUT2D eigenvalue weighted by molar-refractivity contribution is -0.136. The number of aryl methyl sites for hydroxylation is 1. The molecular formula is C14H13N3O3. The summed E-state index contributed by atoms with van der Waals surface area (Å²) in [6.07, 6.45) is 2.78. The number of nitrogens with zero attached hydrogens (tertiary/aromatic N) is 1. The fourth-order valence-electron chi connectivity index (χ4n) is 1.46. The van der Waals surface area contributed by atoms with Crippen LogP contribution in [0.2, 0.25) is 0 Å². The number of furan rings is 1. The topological polar surface area (TPSA) is 83.7 Å². The van der Waals surface area contributed by atoms with Gasteiger partial charge in [-0.3, -0.25) is 9.59 Å². The van der Waals surface area contributed by atoms with Crippen molar-refractivity contribution in [3.8, 4) is 0 Å². The van der Waals surface area contributed by atoms with Crippen LogP contribution in [0.25, 0.3) is 0 Å². The van der Waals surface area contributed by atoms with Gasteiger partial charge in [0, 0.05) is 5.69 Å². The minimum Gasteiger partial charge on any atom is -0.463 e. The molecule has 0 saturated heterocycles. The quantitative estimate of drug-likeness (QED) is 0.506. The molecular weight excluding hydrogens is 258 g/mol. The van der Waals surface area contributed by atoms with Gasteiger partial charge >= 0.3 is 11.8 Å². The summed E-state index contributed by atoms with van der Waals surface area (Å²) in [5.41, 5.74) is 3.57. The molecule has 20 heavy (non-hydrogen) atoms. The van der Waals surface area contributed by atoms with Gasteiger partial charge in [0.05, 0.1) is 12.5 Å². The Bertz CT molecular complexity index is 633. The molecule has 0 saturated carbocycles. The predicted octanol–water partition coefficient (Wildman–Crippen LogP) is 1.68. The van der Waals surface area contributed by atoms with E-state index in [9.17, 15) is 9.59 Å². The van der Waals surface area contributed by atoms with Gasteiger partial charge in [-0.15, -0.1) is 0 Å². The molecule has 0 radical (unpaired) electrons. The van der Waals surface area contributed by atoms with E-state index in [1.165, 1.54) is 12.5 Å². The predicted molar refractivity (Wildman–Crippen MR) is 74.3 cm³/mol. The Kier molecular flexibility index (Phi) is 4.28. The molecule has 0 aliphatic carbocycles. The third-order valence-corrected chi connectivity index (χ3v) is 2.50. The molecule has 2 N–H and O–H groups in total. The van der Waals surface area contributed by atoms with Crippen LogP contribution in [-0.4, -0.2) is 18.0 Å². The van der Waals surface area contributed by atoms with Crippen LogP contribution in [0.1, 0.15) is 11.3 Å². The maximum Gasteiger partial charge on any atom is 0.329 e. The highest BCUT2D eigenvalue weighted by Gasteiger charge is 2.13. The van der Waals surface area contributed by atoms with Gasteiger partial charge in [-0.1, -0.05) is 18.2 Å². The Morgan fingerprint density at radius 2 is 1.95 bits per heavy atom. The molecule has 1 aromatic heterocycles. The summed E-state index contributed by atoms with van der Waals surface area (Å²) in [5, 5.41) is 6.13. The maximum atomic E-state index is 11.6. The van der Waals surface area contributed by atoms with Crippen LogP contribution in [0.4, 0.5) is 5.69 Å². The second kappa shape index (κ2) is 6.33. The largest absolute Gasteiger partial charge is 0.463 e. The number of anilines is 1. The van der Waals surface area contributed by atoms with E-state index in [1.54, 1.807) is 24.3 Å². The lowest BCUT2D eigenvalue weighted by Crippen LogP contribution is -2.32. The summed E-state index contributed by atoms with van der Waals surface area (Å²) < 4.78 is 4.99. The number of nitrogens with one attached hydrogen (secondary N) is 2. The molecule has 0 aliphatic heterocycles. The summed E-state index contributed by atoms with van der Waals surface area (Å²) in [7, 11) is 0. The lowest BCUT2D eigenvalue weighted by Gasteiger charge is -2.06. The first-order valence-corrected chi connectivity index (χ1v) is 5.90. The first-order valence-electron chi connectivity index (χ1n) is 5.90. The molecule has 1 heterocycles. The number of hydrogen-bond acceptors (Lipinski definition) is 4. The van der Waals surface area contributed by atoms with E-state index in [0.717, 1.165) is 5.56 Å². The molecule has 0 aliphatic rings. The fourth-order valence-corrected chi connectivity index (χ4v) is 1.46. The zero-order chi connectivity index (χ0) is 14.4. The van der Waals surface area contributed by atoms with Crippen molar-refractivity contribution in [2.45, 2.75) is 6.92 Å². The molecule has 0 bridgehead atoms. The van der Waals surface area contributed by atoms with Crippen molar-refractivity contribution >= 4 is 23.7 Å². The second-order valence-corrected chi connectivity index (χ2v) is 3.98. The zero-order valence-electron chi connectivity index (χ0n) is 10.8. The molecule has 1 aromatic carbocycles. The van der Waals surface area contributed by atoms with Crippen molar-refractivity contribution < 1.29 is 14.0 Å². The molecule has 2 aromatic rings. The highest BCUT2D eigenvalue weighted by molar-refractivity contribution is 6.39. The first kappa shape index (κ1) is 13.5. The molecule has 2 rings (SSSR count). The maximum absolute atomic E-state index is 11.6. The van der Waals surface area contributed by atoms with Crippen LogP contribution >= 0.6 is 0 Å². The monoisotopic (exact) mass is 271 g/mol. The number of carbonyl (C=O) groups excluding carboxylic acids is 2. The molecule has 6 nitrogen and oxygen atoms in total. The molecule has 6 heteroatoms. The number of para-hydroxylation sites is 1. The number of benzene rings is 1. The first-order chi connectivity index (χ1) is 9.66. The molecule has 0 fully saturated rings. The normalized spacial score (nSPS) is 10.4.